The first-order valence-corrected chi connectivity index (χ1v) is 4.45. The number of nitrogens with one attached hydrogen (secondary N) is 1. The summed E-state index contributed by atoms with van der Waals surface area (Å²) in [5, 5.41) is 11.8. The van der Waals surface area contributed by atoms with Crippen molar-refractivity contribution in [1.82, 2.24) is 0 Å². The van der Waals surface area contributed by atoms with E-state index in [2.05, 4.69) is 5.32 Å². The van der Waals surface area contributed by atoms with E-state index in [1.54, 1.807) is 12.1 Å². The summed E-state index contributed by atoms with van der Waals surface area (Å²) in [6.45, 7) is -0.110. The predicted octanol–water partition coefficient (Wildman–Crippen LogP) is 1.89. The first kappa shape index (κ1) is 8.51. The van der Waals surface area contributed by atoms with Gasteiger partial charge in [0.25, 0.3) is 0 Å². The maximum absolute atomic E-state index is 13.3. The van der Waals surface area contributed by atoms with Gasteiger partial charge in [0.1, 0.15) is 5.82 Å². The fraction of sp³-hybridized carbons (Fsp3) is 0.400. The molecule has 1 fully saturated rings. The van der Waals surface area contributed by atoms with Gasteiger partial charge < -0.3 is 10.4 Å². The molecule has 0 heterocycles. The standard InChI is InChI=1S/C10H12FNO/c11-9-5-7(6-13)1-4-10(9)12-8-2-3-8/h1,4-5,8,12-13H,2-3,6H2. The van der Waals surface area contributed by atoms with Crippen molar-refractivity contribution in [3.8, 4) is 0 Å². The molecule has 2 N–H and O–H groups in total. The van der Waals surface area contributed by atoms with Crippen LogP contribution in [0.1, 0.15) is 18.4 Å². The Kier molecular flexibility index (Phi) is 2.19. The Balaban J connectivity index is 2.15. The van der Waals surface area contributed by atoms with Crippen LogP contribution in [0.2, 0.25) is 0 Å². The Morgan fingerprint density at radius 2 is 2.23 bits per heavy atom. The van der Waals surface area contributed by atoms with Gasteiger partial charge in [-0.1, -0.05) is 6.07 Å². The van der Waals surface area contributed by atoms with Gasteiger partial charge in [-0.2, -0.15) is 0 Å². The molecule has 1 aromatic carbocycles. The highest BCUT2D eigenvalue weighted by atomic mass is 19.1. The van der Waals surface area contributed by atoms with Crippen LogP contribution in [0.3, 0.4) is 0 Å². The summed E-state index contributed by atoms with van der Waals surface area (Å²) < 4.78 is 13.3. The third-order valence-electron chi connectivity index (χ3n) is 2.15. The highest BCUT2D eigenvalue weighted by Gasteiger charge is 2.21. The van der Waals surface area contributed by atoms with Crippen molar-refractivity contribution in [2.45, 2.75) is 25.5 Å². The zero-order valence-electron chi connectivity index (χ0n) is 7.26. The molecule has 0 aromatic heterocycles. The fourth-order valence-electron chi connectivity index (χ4n) is 1.22. The zero-order chi connectivity index (χ0) is 9.26. The number of hydrogen-bond acceptors (Lipinski definition) is 2. The molecule has 1 aliphatic rings. The number of aliphatic hydroxyl groups is 1. The Bertz CT molecular complexity index is 310. The molecule has 0 unspecified atom stereocenters. The largest absolute Gasteiger partial charge is 0.392 e. The molecular weight excluding hydrogens is 169 g/mol. The molecule has 3 heteroatoms. The summed E-state index contributed by atoms with van der Waals surface area (Å²) in [6, 6.07) is 5.23. The van der Waals surface area contributed by atoms with Gasteiger partial charge in [-0.15, -0.1) is 0 Å². The summed E-state index contributed by atoms with van der Waals surface area (Å²) in [7, 11) is 0. The van der Waals surface area contributed by atoms with Gasteiger partial charge >= 0.3 is 0 Å². The highest BCUT2D eigenvalue weighted by molar-refractivity contribution is 5.47. The fourth-order valence-corrected chi connectivity index (χ4v) is 1.22. The van der Waals surface area contributed by atoms with Crippen LogP contribution < -0.4 is 5.32 Å². The van der Waals surface area contributed by atoms with E-state index in [4.69, 9.17) is 5.11 Å². The lowest BCUT2D eigenvalue weighted by molar-refractivity contribution is 0.281. The lowest BCUT2D eigenvalue weighted by Gasteiger charge is -2.06. The van der Waals surface area contributed by atoms with Crippen molar-refractivity contribution in [3.05, 3.63) is 29.6 Å². The summed E-state index contributed by atoms with van der Waals surface area (Å²) in [4.78, 5) is 0. The third kappa shape index (κ3) is 1.98. The smallest absolute Gasteiger partial charge is 0.146 e. The van der Waals surface area contributed by atoms with Crippen molar-refractivity contribution in [2.24, 2.45) is 0 Å². The molecule has 1 aromatic rings. The minimum absolute atomic E-state index is 0.110. The molecule has 1 saturated carbocycles. The van der Waals surface area contributed by atoms with Crippen LogP contribution in [-0.4, -0.2) is 11.1 Å². The number of anilines is 1. The van der Waals surface area contributed by atoms with E-state index < -0.39 is 0 Å². The minimum Gasteiger partial charge on any atom is -0.392 e. The number of rotatable bonds is 3. The van der Waals surface area contributed by atoms with E-state index >= 15 is 0 Å². The maximum atomic E-state index is 13.3. The molecule has 0 amide bonds. The molecule has 0 aliphatic heterocycles. The monoisotopic (exact) mass is 181 g/mol. The van der Waals surface area contributed by atoms with Crippen LogP contribution >= 0.6 is 0 Å². The van der Waals surface area contributed by atoms with Gasteiger partial charge in [0.05, 0.1) is 12.3 Å². The average Bonchev–Trinajstić information content (AvgIpc) is 2.92. The molecule has 1 aliphatic carbocycles. The molecule has 0 bridgehead atoms. The molecule has 70 valence electrons. The molecule has 0 radical (unpaired) electrons. The lowest BCUT2D eigenvalue weighted by Crippen LogP contribution is -2.03. The average molecular weight is 181 g/mol. The van der Waals surface area contributed by atoms with E-state index in [-0.39, 0.29) is 12.4 Å². The summed E-state index contributed by atoms with van der Waals surface area (Å²) >= 11 is 0. The Morgan fingerprint density at radius 1 is 1.46 bits per heavy atom. The van der Waals surface area contributed by atoms with Gasteiger partial charge in [0, 0.05) is 6.04 Å². The molecule has 0 saturated heterocycles. The van der Waals surface area contributed by atoms with Crippen LogP contribution in [-0.2, 0) is 6.61 Å². The topological polar surface area (TPSA) is 32.3 Å². The Labute approximate surface area is 76.4 Å². The van der Waals surface area contributed by atoms with Gasteiger partial charge in [-0.05, 0) is 30.5 Å². The summed E-state index contributed by atoms with van der Waals surface area (Å²) in [5.41, 5.74) is 1.15. The van der Waals surface area contributed by atoms with E-state index in [0.29, 0.717) is 17.3 Å². The van der Waals surface area contributed by atoms with Crippen LogP contribution in [0.5, 0.6) is 0 Å². The lowest BCUT2D eigenvalue weighted by atomic mass is 10.2. The molecule has 2 rings (SSSR count). The van der Waals surface area contributed by atoms with Crippen LogP contribution in [0.25, 0.3) is 0 Å². The molecular formula is C10H12FNO. The van der Waals surface area contributed by atoms with Crippen molar-refractivity contribution in [2.75, 3.05) is 5.32 Å². The van der Waals surface area contributed by atoms with Gasteiger partial charge in [0.15, 0.2) is 0 Å². The Morgan fingerprint density at radius 3 is 2.77 bits per heavy atom. The normalized spacial score (nSPS) is 15.8. The van der Waals surface area contributed by atoms with Gasteiger partial charge in [-0.25, -0.2) is 4.39 Å². The molecule has 13 heavy (non-hydrogen) atoms. The number of hydrogen-bond donors (Lipinski definition) is 2. The van der Waals surface area contributed by atoms with Crippen molar-refractivity contribution in [1.29, 1.82) is 0 Å². The van der Waals surface area contributed by atoms with Gasteiger partial charge in [-0.3, -0.25) is 0 Å². The van der Waals surface area contributed by atoms with Crippen LogP contribution in [0.4, 0.5) is 10.1 Å². The maximum Gasteiger partial charge on any atom is 0.146 e. The predicted molar refractivity (Wildman–Crippen MR) is 49.0 cm³/mol. The summed E-state index contributed by atoms with van der Waals surface area (Å²) in [6.07, 6.45) is 2.25. The highest BCUT2D eigenvalue weighted by Crippen LogP contribution is 2.26. The number of benzene rings is 1. The number of aliphatic hydroxyl groups excluding tert-OH is 1. The zero-order valence-corrected chi connectivity index (χ0v) is 7.26. The number of halogens is 1. The van der Waals surface area contributed by atoms with Crippen molar-refractivity contribution < 1.29 is 9.50 Å². The van der Waals surface area contributed by atoms with E-state index in [1.807, 2.05) is 0 Å². The van der Waals surface area contributed by atoms with Gasteiger partial charge in [0.2, 0.25) is 0 Å². The summed E-state index contributed by atoms with van der Waals surface area (Å²) in [5.74, 6) is -0.279. The second-order valence-corrected chi connectivity index (χ2v) is 3.39. The Hall–Kier alpha value is -1.09. The van der Waals surface area contributed by atoms with Crippen LogP contribution in [0.15, 0.2) is 18.2 Å². The van der Waals surface area contributed by atoms with Crippen molar-refractivity contribution >= 4 is 5.69 Å². The molecule has 0 spiro atoms. The first-order chi connectivity index (χ1) is 6.29. The van der Waals surface area contributed by atoms with E-state index in [0.717, 1.165) is 12.8 Å². The van der Waals surface area contributed by atoms with Crippen LogP contribution in [0, 0.1) is 5.82 Å². The SMILES string of the molecule is OCc1ccc(NC2CC2)c(F)c1. The first-order valence-electron chi connectivity index (χ1n) is 4.45. The van der Waals surface area contributed by atoms with E-state index in [9.17, 15) is 4.39 Å². The minimum atomic E-state index is -0.279. The quantitative estimate of drug-likeness (QED) is 0.746. The van der Waals surface area contributed by atoms with Crippen molar-refractivity contribution in [3.63, 3.8) is 0 Å². The molecule has 0 atom stereocenters. The molecule has 2 nitrogen and oxygen atoms in total. The second-order valence-electron chi connectivity index (χ2n) is 3.39. The van der Waals surface area contributed by atoms with E-state index in [1.165, 1.54) is 6.07 Å². The third-order valence-corrected chi connectivity index (χ3v) is 2.15. The second kappa shape index (κ2) is 3.34.